The fraction of sp³-hybridized carbons (Fsp3) is 0.778. The van der Waals surface area contributed by atoms with Gasteiger partial charge < -0.3 is 15.0 Å². The molecule has 1 aromatic rings. The Morgan fingerprint density at radius 1 is 1.50 bits per heavy atom. The van der Waals surface area contributed by atoms with E-state index in [9.17, 15) is 0 Å². The van der Waals surface area contributed by atoms with Crippen molar-refractivity contribution >= 4 is 0 Å². The topological polar surface area (TPSA) is 74.2 Å². The molecule has 2 N–H and O–H groups in total. The van der Waals surface area contributed by atoms with E-state index in [1.807, 2.05) is 6.92 Å². The third-order valence-corrected chi connectivity index (χ3v) is 1.81. The number of rotatable bonds is 6. The van der Waals surface area contributed by atoms with Crippen molar-refractivity contribution in [3.63, 3.8) is 0 Å². The van der Waals surface area contributed by atoms with Gasteiger partial charge in [-0.15, -0.1) is 0 Å². The standard InChI is InChI=1S/C9H17N3O2/c1-3-5-8-11-9(14-12-8)7(6-10)13-4-2/h7H,3-6,10H2,1-2H3. The maximum absolute atomic E-state index is 5.52. The first-order chi connectivity index (χ1) is 6.81. The number of hydrogen-bond donors (Lipinski definition) is 1. The lowest BCUT2D eigenvalue weighted by Crippen LogP contribution is -2.16. The summed E-state index contributed by atoms with van der Waals surface area (Å²) in [7, 11) is 0. The molecule has 1 atom stereocenters. The first-order valence-electron chi connectivity index (χ1n) is 4.95. The third kappa shape index (κ3) is 2.78. The van der Waals surface area contributed by atoms with Crippen LogP contribution in [0.15, 0.2) is 4.52 Å². The van der Waals surface area contributed by atoms with Gasteiger partial charge in [0.25, 0.3) is 5.89 Å². The van der Waals surface area contributed by atoms with Crippen LogP contribution < -0.4 is 5.73 Å². The summed E-state index contributed by atoms with van der Waals surface area (Å²) in [6.45, 7) is 4.93. The third-order valence-electron chi connectivity index (χ3n) is 1.81. The zero-order valence-corrected chi connectivity index (χ0v) is 8.69. The summed E-state index contributed by atoms with van der Waals surface area (Å²) >= 11 is 0. The van der Waals surface area contributed by atoms with Crippen molar-refractivity contribution in [2.24, 2.45) is 5.73 Å². The molecule has 0 aliphatic heterocycles. The summed E-state index contributed by atoms with van der Waals surface area (Å²) in [6.07, 6.45) is 1.56. The number of aryl methyl sites for hydroxylation is 1. The minimum atomic E-state index is -0.266. The van der Waals surface area contributed by atoms with E-state index in [2.05, 4.69) is 17.1 Å². The average Bonchev–Trinajstić information content (AvgIpc) is 2.63. The Bertz CT molecular complexity index is 262. The highest BCUT2D eigenvalue weighted by molar-refractivity contribution is 4.90. The highest BCUT2D eigenvalue weighted by atomic mass is 16.5. The zero-order chi connectivity index (χ0) is 10.4. The van der Waals surface area contributed by atoms with E-state index in [0.29, 0.717) is 19.0 Å². The Labute approximate surface area is 83.6 Å². The maximum atomic E-state index is 5.52. The van der Waals surface area contributed by atoms with Crippen LogP contribution >= 0.6 is 0 Å². The van der Waals surface area contributed by atoms with Gasteiger partial charge in [0.05, 0.1) is 0 Å². The molecule has 0 bridgehead atoms. The number of ether oxygens (including phenoxy) is 1. The smallest absolute Gasteiger partial charge is 0.257 e. The molecule has 5 nitrogen and oxygen atoms in total. The molecular formula is C9H17N3O2. The van der Waals surface area contributed by atoms with Crippen LogP contribution in [0.5, 0.6) is 0 Å². The molecule has 1 heterocycles. The second-order valence-electron chi connectivity index (χ2n) is 2.98. The van der Waals surface area contributed by atoms with Crippen molar-refractivity contribution in [2.45, 2.75) is 32.8 Å². The van der Waals surface area contributed by atoms with E-state index < -0.39 is 0 Å². The molecule has 0 aromatic carbocycles. The molecule has 0 saturated carbocycles. The van der Waals surface area contributed by atoms with Gasteiger partial charge in [0.1, 0.15) is 6.10 Å². The number of aromatic nitrogens is 2. The number of hydrogen-bond acceptors (Lipinski definition) is 5. The minimum Gasteiger partial charge on any atom is -0.367 e. The Morgan fingerprint density at radius 2 is 2.29 bits per heavy atom. The summed E-state index contributed by atoms with van der Waals surface area (Å²) in [5.41, 5.74) is 5.52. The van der Waals surface area contributed by atoms with Gasteiger partial charge in [0.15, 0.2) is 5.82 Å². The molecule has 0 radical (unpaired) electrons. The molecule has 1 aromatic heterocycles. The molecule has 0 saturated heterocycles. The molecule has 80 valence electrons. The first kappa shape index (κ1) is 11.1. The SMILES string of the molecule is CCCc1noc(C(CN)OCC)n1. The second-order valence-corrected chi connectivity index (χ2v) is 2.98. The van der Waals surface area contributed by atoms with Gasteiger partial charge in [-0.2, -0.15) is 4.98 Å². The molecule has 5 heteroatoms. The summed E-state index contributed by atoms with van der Waals surface area (Å²) in [6, 6.07) is 0. The Balaban J connectivity index is 2.63. The van der Waals surface area contributed by atoms with Crippen LogP contribution in [0.2, 0.25) is 0 Å². The summed E-state index contributed by atoms with van der Waals surface area (Å²) in [5, 5.41) is 3.84. The fourth-order valence-corrected chi connectivity index (χ4v) is 1.16. The lowest BCUT2D eigenvalue weighted by Gasteiger charge is -2.08. The Kier molecular flexibility index (Phi) is 4.55. The van der Waals surface area contributed by atoms with E-state index >= 15 is 0 Å². The van der Waals surface area contributed by atoms with Gasteiger partial charge in [0, 0.05) is 19.6 Å². The van der Waals surface area contributed by atoms with Crippen molar-refractivity contribution in [1.82, 2.24) is 10.1 Å². The molecule has 0 fully saturated rings. The van der Waals surface area contributed by atoms with Crippen molar-refractivity contribution in [3.05, 3.63) is 11.7 Å². The molecule has 0 amide bonds. The molecule has 14 heavy (non-hydrogen) atoms. The van der Waals surface area contributed by atoms with Crippen LogP contribution in [0.1, 0.15) is 38.1 Å². The lowest BCUT2D eigenvalue weighted by molar-refractivity contribution is 0.0448. The fourth-order valence-electron chi connectivity index (χ4n) is 1.16. The van der Waals surface area contributed by atoms with Crippen LogP contribution in [0.3, 0.4) is 0 Å². The Morgan fingerprint density at radius 3 is 2.86 bits per heavy atom. The quantitative estimate of drug-likeness (QED) is 0.741. The van der Waals surface area contributed by atoms with Crippen LogP contribution in [0.25, 0.3) is 0 Å². The monoisotopic (exact) mass is 199 g/mol. The van der Waals surface area contributed by atoms with Crippen LogP contribution in [-0.2, 0) is 11.2 Å². The summed E-state index contributed by atoms with van der Waals surface area (Å²) in [5.74, 6) is 1.21. The minimum absolute atomic E-state index is 0.266. The second kappa shape index (κ2) is 5.72. The van der Waals surface area contributed by atoms with Crippen molar-refractivity contribution in [1.29, 1.82) is 0 Å². The first-order valence-corrected chi connectivity index (χ1v) is 4.95. The van der Waals surface area contributed by atoms with Crippen LogP contribution in [-0.4, -0.2) is 23.3 Å². The van der Waals surface area contributed by atoms with Gasteiger partial charge >= 0.3 is 0 Å². The predicted molar refractivity (Wildman–Crippen MR) is 51.7 cm³/mol. The Hall–Kier alpha value is -0.940. The molecule has 1 rings (SSSR count). The normalized spacial score (nSPS) is 13.1. The van der Waals surface area contributed by atoms with Crippen molar-refractivity contribution < 1.29 is 9.26 Å². The highest BCUT2D eigenvalue weighted by Gasteiger charge is 2.16. The number of nitrogens with two attached hydrogens (primary N) is 1. The summed E-state index contributed by atoms with van der Waals surface area (Å²) < 4.78 is 10.4. The van der Waals surface area contributed by atoms with Gasteiger partial charge in [-0.3, -0.25) is 0 Å². The van der Waals surface area contributed by atoms with E-state index in [1.165, 1.54) is 0 Å². The van der Waals surface area contributed by atoms with Gasteiger partial charge in [0.2, 0.25) is 0 Å². The van der Waals surface area contributed by atoms with Crippen molar-refractivity contribution in [2.75, 3.05) is 13.2 Å². The highest BCUT2D eigenvalue weighted by Crippen LogP contribution is 2.13. The van der Waals surface area contributed by atoms with Gasteiger partial charge in [-0.1, -0.05) is 12.1 Å². The largest absolute Gasteiger partial charge is 0.367 e. The maximum Gasteiger partial charge on any atom is 0.257 e. The molecule has 0 spiro atoms. The zero-order valence-electron chi connectivity index (χ0n) is 8.69. The number of nitrogens with zero attached hydrogens (tertiary/aromatic N) is 2. The molecule has 1 unspecified atom stereocenters. The van der Waals surface area contributed by atoms with E-state index in [-0.39, 0.29) is 6.10 Å². The molecule has 0 aliphatic rings. The van der Waals surface area contributed by atoms with Gasteiger partial charge in [-0.05, 0) is 13.3 Å². The van der Waals surface area contributed by atoms with Crippen LogP contribution in [0, 0.1) is 0 Å². The summed E-state index contributed by atoms with van der Waals surface area (Å²) in [4.78, 5) is 4.21. The van der Waals surface area contributed by atoms with E-state index in [4.69, 9.17) is 15.0 Å². The molecular weight excluding hydrogens is 182 g/mol. The molecule has 0 aliphatic carbocycles. The predicted octanol–water partition coefficient (Wildman–Crippen LogP) is 1.06. The van der Waals surface area contributed by atoms with Crippen molar-refractivity contribution in [3.8, 4) is 0 Å². The van der Waals surface area contributed by atoms with E-state index in [0.717, 1.165) is 18.7 Å². The average molecular weight is 199 g/mol. The lowest BCUT2D eigenvalue weighted by atomic mass is 10.3. The van der Waals surface area contributed by atoms with Gasteiger partial charge in [-0.25, -0.2) is 0 Å². The van der Waals surface area contributed by atoms with E-state index in [1.54, 1.807) is 0 Å². The van der Waals surface area contributed by atoms with Crippen LogP contribution in [0.4, 0.5) is 0 Å².